The summed E-state index contributed by atoms with van der Waals surface area (Å²) in [5, 5.41) is 9.98. The Hall–Kier alpha value is -0.0800. The molecule has 0 aromatic carbocycles. The zero-order valence-electron chi connectivity index (χ0n) is 8.96. The quantitative estimate of drug-likeness (QED) is 0.644. The summed E-state index contributed by atoms with van der Waals surface area (Å²) in [7, 11) is 0. The van der Waals surface area contributed by atoms with Crippen molar-refractivity contribution in [2.45, 2.75) is 69.2 Å². The maximum absolute atomic E-state index is 9.98. The molecule has 1 N–H and O–H groups in total. The summed E-state index contributed by atoms with van der Waals surface area (Å²) in [6.45, 7) is 2.10. The van der Waals surface area contributed by atoms with E-state index in [0.717, 1.165) is 12.8 Å². The Labute approximate surface area is 85.6 Å². The van der Waals surface area contributed by atoms with E-state index in [1.165, 1.54) is 32.1 Å². The first kappa shape index (κ1) is 9.17. The molecular formula is C12H20O2. The normalized spacial score (nSPS) is 50.1. The number of ether oxygens (including phenoxy) is 1. The van der Waals surface area contributed by atoms with Crippen LogP contribution < -0.4 is 0 Å². The monoisotopic (exact) mass is 196 g/mol. The highest BCUT2D eigenvalue weighted by atomic mass is 16.5. The minimum atomic E-state index is -0.223. The van der Waals surface area contributed by atoms with Crippen molar-refractivity contribution in [1.29, 1.82) is 0 Å². The molecule has 2 aliphatic heterocycles. The molecular weight excluding hydrogens is 176 g/mol. The molecule has 2 nitrogen and oxygen atoms in total. The molecule has 2 saturated heterocycles. The molecule has 14 heavy (non-hydrogen) atoms. The Morgan fingerprint density at radius 2 is 1.93 bits per heavy atom. The van der Waals surface area contributed by atoms with Crippen molar-refractivity contribution in [3.8, 4) is 0 Å². The van der Waals surface area contributed by atoms with Crippen LogP contribution in [-0.4, -0.2) is 22.4 Å². The summed E-state index contributed by atoms with van der Waals surface area (Å²) >= 11 is 0. The van der Waals surface area contributed by atoms with Gasteiger partial charge in [-0.05, 0) is 44.9 Å². The number of hydrogen-bond acceptors (Lipinski definition) is 2. The van der Waals surface area contributed by atoms with Gasteiger partial charge >= 0.3 is 0 Å². The molecule has 2 heterocycles. The van der Waals surface area contributed by atoms with Crippen LogP contribution in [0.25, 0.3) is 0 Å². The Balaban J connectivity index is 1.91. The fraction of sp³-hybridized carbons (Fsp3) is 1.00. The van der Waals surface area contributed by atoms with Crippen molar-refractivity contribution in [2.75, 3.05) is 0 Å². The molecule has 2 saturated carbocycles. The highest BCUT2D eigenvalue weighted by Crippen LogP contribution is 2.55. The molecule has 4 rings (SSSR count). The van der Waals surface area contributed by atoms with Crippen molar-refractivity contribution in [2.24, 2.45) is 5.92 Å². The first-order valence-corrected chi connectivity index (χ1v) is 6.03. The maximum atomic E-state index is 9.98. The van der Waals surface area contributed by atoms with Gasteiger partial charge in [0.15, 0.2) is 0 Å². The van der Waals surface area contributed by atoms with E-state index >= 15 is 0 Å². The molecule has 2 aliphatic carbocycles. The third-order valence-corrected chi connectivity index (χ3v) is 4.83. The van der Waals surface area contributed by atoms with E-state index in [2.05, 4.69) is 6.92 Å². The van der Waals surface area contributed by atoms with Crippen molar-refractivity contribution in [3.05, 3.63) is 0 Å². The molecule has 0 aromatic rings. The summed E-state index contributed by atoms with van der Waals surface area (Å²) in [4.78, 5) is 0. The third-order valence-electron chi connectivity index (χ3n) is 4.83. The molecule has 1 spiro atoms. The predicted molar refractivity (Wildman–Crippen MR) is 54.0 cm³/mol. The van der Waals surface area contributed by atoms with Crippen molar-refractivity contribution in [1.82, 2.24) is 0 Å². The fourth-order valence-electron chi connectivity index (χ4n) is 3.89. The van der Waals surface area contributed by atoms with Gasteiger partial charge in [0.1, 0.15) is 0 Å². The third kappa shape index (κ3) is 1.04. The topological polar surface area (TPSA) is 29.5 Å². The minimum absolute atomic E-state index is 0.173. The Kier molecular flexibility index (Phi) is 1.79. The van der Waals surface area contributed by atoms with E-state index in [0.29, 0.717) is 5.92 Å². The van der Waals surface area contributed by atoms with Crippen LogP contribution in [-0.2, 0) is 4.74 Å². The van der Waals surface area contributed by atoms with Gasteiger partial charge in [0.2, 0.25) is 0 Å². The van der Waals surface area contributed by atoms with Gasteiger partial charge in [-0.3, -0.25) is 0 Å². The average molecular weight is 196 g/mol. The Morgan fingerprint density at radius 1 is 1.21 bits per heavy atom. The molecule has 0 amide bonds. The number of aliphatic hydroxyl groups excluding tert-OH is 1. The van der Waals surface area contributed by atoms with Gasteiger partial charge < -0.3 is 9.84 Å². The molecule has 80 valence electrons. The standard InChI is InChI=1S/C12H20O2/c1-11-7-4-9(8-10(11)13)12(14-11)5-2-3-6-12/h9-10,13H,2-8H2,1H3. The average Bonchev–Trinajstić information content (AvgIpc) is 2.57. The summed E-state index contributed by atoms with van der Waals surface area (Å²) < 4.78 is 6.28. The van der Waals surface area contributed by atoms with Crippen molar-refractivity contribution < 1.29 is 9.84 Å². The molecule has 4 aliphatic rings. The van der Waals surface area contributed by atoms with Gasteiger partial charge in [0, 0.05) is 0 Å². The highest BCUT2D eigenvalue weighted by Gasteiger charge is 2.57. The van der Waals surface area contributed by atoms with Crippen LogP contribution in [0.2, 0.25) is 0 Å². The molecule has 2 bridgehead atoms. The van der Waals surface area contributed by atoms with E-state index in [1.807, 2.05) is 0 Å². The van der Waals surface area contributed by atoms with Gasteiger partial charge in [-0.2, -0.15) is 0 Å². The van der Waals surface area contributed by atoms with Crippen LogP contribution in [0, 0.1) is 5.92 Å². The Bertz CT molecular complexity index is 245. The SMILES string of the molecule is CC12CCC(CC1O)C1(CCCC1)O2. The highest BCUT2D eigenvalue weighted by molar-refractivity contribution is 5.07. The van der Waals surface area contributed by atoms with E-state index in [9.17, 15) is 5.11 Å². The minimum Gasteiger partial charge on any atom is -0.390 e. The molecule has 3 atom stereocenters. The number of fused-ring (bicyclic) bond motifs is 2. The lowest BCUT2D eigenvalue weighted by atomic mass is 9.65. The first-order chi connectivity index (χ1) is 6.65. The lowest BCUT2D eigenvalue weighted by molar-refractivity contribution is -0.283. The second kappa shape index (κ2) is 2.73. The number of rotatable bonds is 0. The fourth-order valence-corrected chi connectivity index (χ4v) is 3.89. The number of aliphatic hydroxyl groups is 1. The van der Waals surface area contributed by atoms with Crippen LogP contribution in [0.3, 0.4) is 0 Å². The molecule has 4 fully saturated rings. The lowest BCUT2D eigenvalue weighted by Crippen LogP contribution is -2.62. The second-order valence-corrected chi connectivity index (χ2v) is 5.67. The van der Waals surface area contributed by atoms with E-state index in [-0.39, 0.29) is 17.3 Å². The zero-order valence-corrected chi connectivity index (χ0v) is 8.96. The molecule has 2 heteroatoms. The van der Waals surface area contributed by atoms with Gasteiger partial charge in [0.05, 0.1) is 17.3 Å². The van der Waals surface area contributed by atoms with Crippen molar-refractivity contribution in [3.63, 3.8) is 0 Å². The molecule has 0 aromatic heterocycles. The van der Waals surface area contributed by atoms with Gasteiger partial charge in [-0.1, -0.05) is 12.8 Å². The Morgan fingerprint density at radius 3 is 2.50 bits per heavy atom. The van der Waals surface area contributed by atoms with E-state index in [4.69, 9.17) is 4.74 Å². The molecule has 0 radical (unpaired) electrons. The molecule has 3 unspecified atom stereocenters. The maximum Gasteiger partial charge on any atom is 0.0920 e. The lowest BCUT2D eigenvalue weighted by Gasteiger charge is -2.57. The second-order valence-electron chi connectivity index (χ2n) is 5.67. The van der Waals surface area contributed by atoms with Gasteiger partial charge in [0.25, 0.3) is 0 Å². The van der Waals surface area contributed by atoms with Crippen LogP contribution in [0.5, 0.6) is 0 Å². The summed E-state index contributed by atoms with van der Waals surface area (Å²) in [5.74, 6) is 0.641. The number of hydrogen-bond donors (Lipinski definition) is 1. The van der Waals surface area contributed by atoms with E-state index < -0.39 is 0 Å². The summed E-state index contributed by atoms with van der Waals surface area (Å²) in [6.07, 6.45) is 8.21. The summed E-state index contributed by atoms with van der Waals surface area (Å²) in [6, 6.07) is 0. The largest absolute Gasteiger partial charge is 0.390 e. The smallest absolute Gasteiger partial charge is 0.0920 e. The van der Waals surface area contributed by atoms with Gasteiger partial charge in [-0.25, -0.2) is 0 Å². The summed E-state index contributed by atoms with van der Waals surface area (Å²) in [5.41, 5.74) is -0.0503. The van der Waals surface area contributed by atoms with Crippen molar-refractivity contribution >= 4 is 0 Å². The van der Waals surface area contributed by atoms with E-state index in [1.54, 1.807) is 0 Å². The first-order valence-electron chi connectivity index (χ1n) is 6.03. The predicted octanol–water partition coefficient (Wildman–Crippen LogP) is 2.25. The van der Waals surface area contributed by atoms with Crippen LogP contribution >= 0.6 is 0 Å². The van der Waals surface area contributed by atoms with Crippen LogP contribution in [0.15, 0.2) is 0 Å². The zero-order chi connectivity index (χ0) is 9.81. The van der Waals surface area contributed by atoms with Crippen LogP contribution in [0.1, 0.15) is 51.9 Å². The van der Waals surface area contributed by atoms with Gasteiger partial charge in [-0.15, -0.1) is 0 Å². The van der Waals surface area contributed by atoms with Crippen LogP contribution in [0.4, 0.5) is 0 Å².